The molecule has 0 saturated carbocycles. The molecule has 1 heterocycles. The van der Waals surface area contributed by atoms with E-state index in [0.717, 1.165) is 12.3 Å². The van der Waals surface area contributed by atoms with Gasteiger partial charge in [0.25, 0.3) is 5.91 Å². The van der Waals surface area contributed by atoms with Crippen LogP contribution in [-0.4, -0.2) is 22.4 Å². The number of nitrogens with zero attached hydrogens (tertiary/aromatic N) is 1. The van der Waals surface area contributed by atoms with E-state index in [0.29, 0.717) is 4.99 Å². The second-order valence-electron chi connectivity index (χ2n) is 4.32. The van der Waals surface area contributed by atoms with E-state index >= 15 is 0 Å². The lowest BCUT2D eigenvalue weighted by molar-refractivity contribution is 0.0944. The Morgan fingerprint density at radius 3 is 2.76 bits per heavy atom. The number of hydrogen-bond acceptors (Lipinski definition) is 3. The van der Waals surface area contributed by atoms with E-state index in [2.05, 4.69) is 10.3 Å². The molecule has 0 fully saturated rings. The van der Waals surface area contributed by atoms with Gasteiger partial charge in [0.2, 0.25) is 0 Å². The molecule has 0 atom stereocenters. The van der Waals surface area contributed by atoms with Crippen molar-refractivity contribution in [2.24, 2.45) is 11.1 Å². The van der Waals surface area contributed by atoms with Crippen LogP contribution in [0.2, 0.25) is 0 Å². The van der Waals surface area contributed by atoms with Crippen molar-refractivity contribution in [1.82, 2.24) is 10.3 Å². The molecular formula is C11H14FN3OS. The second-order valence-corrected chi connectivity index (χ2v) is 4.76. The van der Waals surface area contributed by atoms with Gasteiger partial charge < -0.3 is 11.1 Å². The van der Waals surface area contributed by atoms with Gasteiger partial charge >= 0.3 is 0 Å². The van der Waals surface area contributed by atoms with Crippen molar-refractivity contribution in [3.05, 3.63) is 29.8 Å². The number of aromatic nitrogens is 1. The van der Waals surface area contributed by atoms with E-state index in [-0.39, 0.29) is 12.1 Å². The molecule has 17 heavy (non-hydrogen) atoms. The molecular weight excluding hydrogens is 241 g/mol. The van der Waals surface area contributed by atoms with Crippen LogP contribution in [-0.2, 0) is 0 Å². The molecule has 0 aliphatic heterocycles. The SMILES string of the molecule is CC(C)(CNC(=O)c1cncc(F)c1)C(N)=S. The molecule has 1 rings (SSSR count). The molecule has 0 aliphatic rings. The highest BCUT2D eigenvalue weighted by Gasteiger charge is 2.22. The average Bonchev–Trinajstić information content (AvgIpc) is 2.25. The Morgan fingerprint density at radius 2 is 2.24 bits per heavy atom. The zero-order valence-electron chi connectivity index (χ0n) is 9.66. The summed E-state index contributed by atoms with van der Waals surface area (Å²) in [4.78, 5) is 15.6. The summed E-state index contributed by atoms with van der Waals surface area (Å²) in [5, 5.41) is 2.63. The fourth-order valence-electron chi connectivity index (χ4n) is 1.03. The summed E-state index contributed by atoms with van der Waals surface area (Å²) < 4.78 is 12.8. The highest BCUT2D eigenvalue weighted by molar-refractivity contribution is 7.80. The third kappa shape index (κ3) is 3.74. The second kappa shape index (κ2) is 5.18. The van der Waals surface area contributed by atoms with Crippen molar-refractivity contribution < 1.29 is 9.18 Å². The maximum Gasteiger partial charge on any atom is 0.252 e. The van der Waals surface area contributed by atoms with Gasteiger partial charge in [-0.1, -0.05) is 26.1 Å². The summed E-state index contributed by atoms with van der Waals surface area (Å²) in [5.74, 6) is -0.951. The van der Waals surface area contributed by atoms with Gasteiger partial charge in [-0.3, -0.25) is 9.78 Å². The Hall–Kier alpha value is -1.56. The third-order valence-corrected chi connectivity index (χ3v) is 2.88. The first-order valence-corrected chi connectivity index (χ1v) is 5.42. The Kier molecular flexibility index (Phi) is 4.11. The lowest BCUT2D eigenvalue weighted by Gasteiger charge is -2.23. The molecule has 0 radical (unpaired) electrons. The maximum absolute atomic E-state index is 12.8. The molecule has 0 aliphatic carbocycles. The molecule has 4 nitrogen and oxygen atoms in total. The van der Waals surface area contributed by atoms with Gasteiger partial charge in [0.05, 0.1) is 16.7 Å². The normalized spacial score (nSPS) is 11.0. The Bertz CT molecular complexity index is 448. The van der Waals surface area contributed by atoms with E-state index in [1.807, 2.05) is 13.8 Å². The van der Waals surface area contributed by atoms with Crippen molar-refractivity contribution in [2.45, 2.75) is 13.8 Å². The van der Waals surface area contributed by atoms with Crippen LogP contribution >= 0.6 is 12.2 Å². The third-order valence-electron chi connectivity index (χ3n) is 2.32. The lowest BCUT2D eigenvalue weighted by atomic mass is 9.93. The maximum atomic E-state index is 12.8. The highest BCUT2D eigenvalue weighted by Crippen LogP contribution is 2.13. The molecule has 92 valence electrons. The van der Waals surface area contributed by atoms with E-state index in [9.17, 15) is 9.18 Å². The Balaban J connectivity index is 2.65. The van der Waals surface area contributed by atoms with Crippen LogP contribution in [0.25, 0.3) is 0 Å². The van der Waals surface area contributed by atoms with Gasteiger partial charge in [-0.15, -0.1) is 0 Å². The zero-order chi connectivity index (χ0) is 13.1. The Morgan fingerprint density at radius 1 is 1.59 bits per heavy atom. The number of carbonyl (C=O) groups excluding carboxylic acids is 1. The quantitative estimate of drug-likeness (QED) is 0.795. The summed E-state index contributed by atoms with van der Waals surface area (Å²) in [6.45, 7) is 3.93. The molecule has 6 heteroatoms. The number of halogens is 1. The molecule has 0 unspecified atom stereocenters. The number of hydrogen-bond donors (Lipinski definition) is 2. The van der Waals surface area contributed by atoms with E-state index in [1.54, 1.807) is 0 Å². The van der Waals surface area contributed by atoms with Crippen LogP contribution in [0.1, 0.15) is 24.2 Å². The Labute approximate surface area is 104 Å². The van der Waals surface area contributed by atoms with Crippen LogP contribution in [0.3, 0.4) is 0 Å². The summed E-state index contributed by atoms with van der Waals surface area (Å²) in [5.41, 5.74) is 5.22. The zero-order valence-corrected chi connectivity index (χ0v) is 10.5. The van der Waals surface area contributed by atoms with Gasteiger partial charge in [-0.05, 0) is 6.07 Å². The molecule has 0 aromatic carbocycles. The first-order chi connectivity index (χ1) is 7.83. The molecule has 1 aromatic rings. The van der Waals surface area contributed by atoms with Crippen LogP contribution in [0, 0.1) is 11.2 Å². The number of pyridine rings is 1. The summed E-state index contributed by atoms with van der Waals surface area (Å²) >= 11 is 4.88. The minimum absolute atomic E-state index is 0.170. The molecule has 1 aromatic heterocycles. The van der Waals surface area contributed by atoms with Crippen LogP contribution < -0.4 is 11.1 Å². The standard InChI is InChI=1S/C11H14FN3OS/c1-11(2,10(13)17)6-15-9(16)7-3-8(12)5-14-4-7/h3-5H,6H2,1-2H3,(H2,13,17)(H,15,16). The summed E-state index contributed by atoms with van der Waals surface area (Å²) in [7, 11) is 0. The largest absolute Gasteiger partial charge is 0.393 e. The van der Waals surface area contributed by atoms with Crippen LogP contribution in [0.15, 0.2) is 18.5 Å². The first kappa shape index (κ1) is 13.5. The van der Waals surface area contributed by atoms with Gasteiger partial charge in [0.1, 0.15) is 5.82 Å². The molecule has 0 bridgehead atoms. The number of carbonyl (C=O) groups is 1. The van der Waals surface area contributed by atoms with Gasteiger partial charge in [-0.25, -0.2) is 4.39 Å². The predicted octanol–water partition coefficient (Wildman–Crippen LogP) is 1.26. The predicted molar refractivity (Wildman–Crippen MR) is 67.1 cm³/mol. The number of nitrogens with one attached hydrogen (secondary N) is 1. The number of amides is 1. The molecule has 1 amide bonds. The fraction of sp³-hybridized carbons (Fsp3) is 0.364. The fourth-order valence-corrected chi connectivity index (χ4v) is 1.10. The van der Waals surface area contributed by atoms with Crippen molar-refractivity contribution in [1.29, 1.82) is 0 Å². The van der Waals surface area contributed by atoms with Gasteiger partial charge in [-0.2, -0.15) is 0 Å². The van der Waals surface area contributed by atoms with Crippen molar-refractivity contribution in [3.63, 3.8) is 0 Å². The summed E-state index contributed by atoms with van der Waals surface area (Å²) in [6.07, 6.45) is 2.34. The first-order valence-electron chi connectivity index (χ1n) is 5.01. The van der Waals surface area contributed by atoms with E-state index in [4.69, 9.17) is 18.0 Å². The van der Waals surface area contributed by atoms with Crippen LogP contribution in [0.4, 0.5) is 4.39 Å². The van der Waals surface area contributed by atoms with Crippen molar-refractivity contribution >= 4 is 23.1 Å². The summed E-state index contributed by atoms with van der Waals surface area (Å²) in [6, 6.07) is 1.12. The highest BCUT2D eigenvalue weighted by atomic mass is 32.1. The van der Waals surface area contributed by atoms with E-state index < -0.39 is 17.1 Å². The van der Waals surface area contributed by atoms with E-state index in [1.165, 1.54) is 6.20 Å². The monoisotopic (exact) mass is 255 g/mol. The lowest BCUT2D eigenvalue weighted by Crippen LogP contribution is -2.41. The minimum Gasteiger partial charge on any atom is -0.393 e. The van der Waals surface area contributed by atoms with Gasteiger partial charge in [0, 0.05) is 18.2 Å². The topological polar surface area (TPSA) is 68.0 Å². The number of thiocarbonyl (C=S) groups is 1. The van der Waals surface area contributed by atoms with Gasteiger partial charge in [0.15, 0.2) is 0 Å². The van der Waals surface area contributed by atoms with Crippen molar-refractivity contribution in [2.75, 3.05) is 6.54 Å². The number of nitrogens with two attached hydrogens (primary N) is 1. The minimum atomic E-state index is -0.550. The smallest absolute Gasteiger partial charge is 0.252 e. The average molecular weight is 255 g/mol. The number of rotatable bonds is 4. The molecule has 0 saturated heterocycles. The molecule has 0 spiro atoms. The van der Waals surface area contributed by atoms with Crippen molar-refractivity contribution in [3.8, 4) is 0 Å². The van der Waals surface area contributed by atoms with Crippen LogP contribution in [0.5, 0.6) is 0 Å². The molecule has 3 N–H and O–H groups in total.